The van der Waals surface area contributed by atoms with Crippen molar-refractivity contribution < 1.29 is 14.5 Å². The van der Waals surface area contributed by atoms with Crippen LogP contribution in [0.25, 0.3) is 0 Å². The highest BCUT2D eigenvalue weighted by atomic mass is 16.6. The van der Waals surface area contributed by atoms with Crippen LogP contribution in [0.1, 0.15) is 18.4 Å². The summed E-state index contributed by atoms with van der Waals surface area (Å²) in [4.78, 5) is 35.4. The summed E-state index contributed by atoms with van der Waals surface area (Å²) in [6.45, 7) is 2.76. The molecule has 1 saturated heterocycles. The van der Waals surface area contributed by atoms with Crippen LogP contribution in [0.5, 0.6) is 0 Å². The number of aryl methyl sites for hydroxylation is 1. The highest BCUT2D eigenvalue weighted by Gasteiger charge is 2.26. The van der Waals surface area contributed by atoms with Crippen LogP contribution in [0.15, 0.2) is 18.2 Å². The minimum absolute atomic E-state index is 0.0213. The molecule has 1 fully saturated rings. The number of carbonyl (C=O) groups excluding carboxylic acids is 2. The molecule has 1 atom stereocenters. The number of carbonyl (C=O) groups is 2. The van der Waals surface area contributed by atoms with Crippen molar-refractivity contribution in [3.05, 3.63) is 33.9 Å². The number of rotatable bonds is 5. The highest BCUT2D eigenvalue weighted by Crippen LogP contribution is 2.22. The van der Waals surface area contributed by atoms with Crippen LogP contribution >= 0.6 is 0 Å². The molecule has 2 rings (SSSR count). The lowest BCUT2D eigenvalue weighted by Crippen LogP contribution is -2.46. The maximum Gasteiger partial charge on any atom is 0.271 e. The first-order valence-corrected chi connectivity index (χ1v) is 7.44. The Morgan fingerprint density at radius 2 is 2.22 bits per heavy atom. The average molecular weight is 320 g/mol. The number of primary amides is 1. The summed E-state index contributed by atoms with van der Waals surface area (Å²) in [6, 6.07) is 4.46. The summed E-state index contributed by atoms with van der Waals surface area (Å²) in [5, 5.41) is 13.7. The van der Waals surface area contributed by atoms with Gasteiger partial charge >= 0.3 is 0 Å². The highest BCUT2D eigenvalue weighted by molar-refractivity contribution is 5.83. The number of amides is 2. The molecule has 1 aromatic rings. The second kappa shape index (κ2) is 7.08. The van der Waals surface area contributed by atoms with E-state index in [1.54, 1.807) is 17.9 Å². The fraction of sp³-hybridized carbons (Fsp3) is 0.467. The summed E-state index contributed by atoms with van der Waals surface area (Å²) in [5.74, 6) is -0.834. The molecule has 1 heterocycles. The van der Waals surface area contributed by atoms with Gasteiger partial charge in [-0.1, -0.05) is 6.07 Å². The first-order chi connectivity index (χ1) is 10.9. The van der Waals surface area contributed by atoms with Gasteiger partial charge in [-0.3, -0.25) is 19.7 Å². The molecule has 1 aromatic carbocycles. The second-order valence-electron chi connectivity index (χ2n) is 5.69. The van der Waals surface area contributed by atoms with Crippen molar-refractivity contribution in [2.45, 2.75) is 19.8 Å². The Morgan fingerprint density at radius 3 is 2.87 bits per heavy atom. The standard InChI is InChI=1S/C15H20N4O4/c1-10-4-5-12(19(22)23)7-13(10)17-8-14(20)18-6-2-3-11(9-18)15(16)21/h4-5,7,11,17H,2-3,6,8-9H2,1H3,(H2,16,21). The van der Waals surface area contributed by atoms with E-state index in [9.17, 15) is 19.7 Å². The summed E-state index contributed by atoms with van der Waals surface area (Å²) < 4.78 is 0. The van der Waals surface area contributed by atoms with Crippen molar-refractivity contribution in [2.75, 3.05) is 25.0 Å². The van der Waals surface area contributed by atoms with Gasteiger partial charge in [0.25, 0.3) is 5.69 Å². The molecule has 1 aliphatic rings. The number of nitro benzene ring substituents is 1. The van der Waals surface area contributed by atoms with E-state index >= 15 is 0 Å². The van der Waals surface area contributed by atoms with Gasteiger partial charge in [0.15, 0.2) is 0 Å². The number of anilines is 1. The number of hydrogen-bond donors (Lipinski definition) is 2. The number of likely N-dealkylation sites (tertiary alicyclic amines) is 1. The lowest BCUT2D eigenvalue weighted by molar-refractivity contribution is -0.384. The van der Waals surface area contributed by atoms with Gasteiger partial charge in [-0.15, -0.1) is 0 Å². The SMILES string of the molecule is Cc1ccc([N+](=O)[O-])cc1NCC(=O)N1CCCC(C(N)=O)C1. The number of benzene rings is 1. The number of nitro groups is 1. The van der Waals surface area contributed by atoms with E-state index in [4.69, 9.17) is 5.73 Å². The Kier molecular flexibility index (Phi) is 5.15. The molecule has 8 nitrogen and oxygen atoms in total. The number of piperidine rings is 1. The van der Waals surface area contributed by atoms with E-state index in [1.165, 1.54) is 12.1 Å². The molecule has 2 amide bonds. The van der Waals surface area contributed by atoms with Gasteiger partial charge in [0.05, 0.1) is 17.4 Å². The summed E-state index contributed by atoms with van der Waals surface area (Å²) in [5.41, 5.74) is 6.64. The zero-order chi connectivity index (χ0) is 17.0. The maximum absolute atomic E-state index is 12.2. The molecule has 1 aliphatic heterocycles. The van der Waals surface area contributed by atoms with Gasteiger partial charge in [0, 0.05) is 30.9 Å². The van der Waals surface area contributed by atoms with E-state index in [2.05, 4.69) is 5.32 Å². The molecule has 0 spiro atoms. The van der Waals surface area contributed by atoms with Gasteiger partial charge in [-0.25, -0.2) is 0 Å². The topological polar surface area (TPSA) is 119 Å². The van der Waals surface area contributed by atoms with E-state index < -0.39 is 4.92 Å². The van der Waals surface area contributed by atoms with Crippen LogP contribution in [0, 0.1) is 23.0 Å². The Balaban J connectivity index is 1.97. The summed E-state index contributed by atoms with van der Waals surface area (Å²) in [7, 11) is 0. The van der Waals surface area contributed by atoms with Gasteiger partial charge in [0.2, 0.25) is 11.8 Å². The van der Waals surface area contributed by atoms with Crippen LogP contribution in [-0.4, -0.2) is 41.3 Å². The van der Waals surface area contributed by atoms with Gasteiger partial charge in [-0.2, -0.15) is 0 Å². The first kappa shape index (κ1) is 16.7. The molecule has 0 bridgehead atoms. The normalized spacial score (nSPS) is 17.6. The average Bonchev–Trinajstić information content (AvgIpc) is 2.53. The number of nitrogens with one attached hydrogen (secondary N) is 1. The van der Waals surface area contributed by atoms with Gasteiger partial charge in [-0.05, 0) is 25.3 Å². The van der Waals surface area contributed by atoms with Crippen LogP contribution in [0.3, 0.4) is 0 Å². The molecule has 3 N–H and O–H groups in total. The predicted octanol–water partition coefficient (Wildman–Crippen LogP) is 1.04. The molecule has 0 radical (unpaired) electrons. The molecule has 0 aromatic heterocycles. The van der Waals surface area contributed by atoms with Crippen molar-refractivity contribution in [3.63, 3.8) is 0 Å². The number of nitrogens with two attached hydrogens (primary N) is 1. The minimum Gasteiger partial charge on any atom is -0.376 e. The quantitative estimate of drug-likeness (QED) is 0.620. The smallest absolute Gasteiger partial charge is 0.271 e. The van der Waals surface area contributed by atoms with E-state index in [-0.39, 0.29) is 30.0 Å². The number of non-ortho nitro benzene ring substituents is 1. The van der Waals surface area contributed by atoms with Crippen molar-refractivity contribution in [1.29, 1.82) is 0 Å². The Labute approximate surface area is 133 Å². The summed E-state index contributed by atoms with van der Waals surface area (Å²) >= 11 is 0. The lowest BCUT2D eigenvalue weighted by atomic mass is 9.97. The fourth-order valence-electron chi connectivity index (χ4n) is 2.63. The molecule has 23 heavy (non-hydrogen) atoms. The molecule has 0 saturated carbocycles. The van der Waals surface area contributed by atoms with Crippen molar-refractivity contribution in [1.82, 2.24) is 4.90 Å². The van der Waals surface area contributed by atoms with E-state index in [0.29, 0.717) is 25.2 Å². The summed E-state index contributed by atoms with van der Waals surface area (Å²) in [6.07, 6.45) is 1.45. The van der Waals surface area contributed by atoms with Crippen LogP contribution < -0.4 is 11.1 Å². The van der Waals surface area contributed by atoms with E-state index in [0.717, 1.165) is 12.0 Å². The zero-order valence-corrected chi connectivity index (χ0v) is 12.9. The Bertz CT molecular complexity index is 632. The van der Waals surface area contributed by atoms with Crippen LogP contribution in [0.2, 0.25) is 0 Å². The van der Waals surface area contributed by atoms with Crippen molar-refractivity contribution in [3.8, 4) is 0 Å². The monoisotopic (exact) mass is 320 g/mol. The third kappa shape index (κ3) is 4.18. The minimum atomic E-state index is -0.478. The second-order valence-corrected chi connectivity index (χ2v) is 5.69. The molecular weight excluding hydrogens is 300 g/mol. The van der Waals surface area contributed by atoms with E-state index in [1.807, 2.05) is 0 Å². The molecule has 0 aliphatic carbocycles. The third-order valence-corrected chi connectivity index (χ3v) is 4.04. The molecule has 1 unspecified atom stereocenters. The lowest BCUT2D eigenvalue weighted by Gasteiger charge is -2.31. The van der Waals surface area contributed by atoms with Crippen molar-refractivity contribution >= 4 is 23.2 Å². The molecule has 124 valence electrons. The maximum atomic E-state index is 12.2. The molecule has 8 heteroatoms. The van der Waals surface area contributed by atoms with Crippen molar-refractivity contribution in [2.24, 2.45) is 11.7 Å². The number of hydrogen-bond acceptors (Lipinski definition) is 5. The zero-order valence-electron chi connectivity index (χ0n) is 12.9. The first-order valence-electron chi connectivity index (χ1n) is 7.44. The van der Waals surface area contributed by atoms with Gasteiger partial charge < -0.3 is 16.0 Å². The fourth-order valence-corrected chi connectivity index (χ4v) is 2.63. The largest absolute Gasteiger partial charge is 0.376 e. The number of nitrogens with zero attached hydrogens (tertiary/aromatic N) is 2. The molecular formula is C15H20N4O4. The Hall–Kier alpha value is -2.64. The van der Waals surface area contributed by atoms with Gasteiger partial charge in [0.1, 0.15) is 0 Å². The Morgan fingerprint density at radius 1 is 1.48 bits per heavy atom. The third-order valence-electron chi connectivity index (χ3n) is 4.04. The predicted molar refractivity (Wildman–Crippen MR) is 84.8 cm³/mol. The van der Waals surface area contributed by atoms with Crippen LogP contribution in [0.4, 0.5) is 11.4 Å². The van der Waals surface area contributed by atoms with Crippen LogP contribution in [-0.2, 0) is 9.59 Å².